The van der Waals surface area contributed by atoms with Crippen molar-refractivity contribution in [2.24, 2.45) is 0 Å². The molecule has 0 unspecified atom stereocenters. The molecule has 8 heteroatoms. The molecule has 2 aromatic heterocycles. The summed E-state index contributed by atoms with van der Waals surface area (Å²) in [5.41, 5.74) is 0. The zero-order valence-corrected chi connectivity index (χ0v) is 14.5. The van der Waals surface area contributed by atoms with Crippen LogP contribution in [0.25, 0.3) is 0 Å². The molecule has 3 rings (SSSR count). The van der Waals surface area contributed by atoms with Crippen LogP contribution in [0.3, 0.4) is 0 Å². The number of piperazine rings is 1. The van der Waals surface area contributed by atoms with Gasteiger partial charge in [-0.3, -0.25) is 4.90 Å². The van der Waals surface area contributed by atoms with E-state index in [2.05, 4.69) is 4.90 Å². The smallest absolute Gasteiger partial charge is 0.252 e. The molecule has 0 saturated carbocycles. The highest BCUT2D eigenvalue weighted by atomic mass is 32.2. The molecule has 0 amide bonds. The van der Waals surface area contributed by atoms with E-state index in [-0.39, 0.29) is 0 Å². The van der Waals surface area contributed by atoms with Gasteiger partial charge in [0.25, 0.3) is 10.0 Å². The highest BCUT2D eigenvalue weighted by Crippen LogP contribution is 2.25. The third-order valence-corrected chi connectivity index (χ3v) is 7.31. The number of hydrogen-bond acceptors (Lipinski definition) is 6. The maximum Gasteiger partial charge on any atom is 0.252 e. The van der Waals surface area contributed by atoms with Gasteiger partial charge < -0.3 is 9.52 Å². The van der Waals surface area contributed by atoms with Gasteiger partial charge in [0.15, 0.2) is 0 Å². The van der Waals surface area contributed by atoms with Crippen LogP contribution in [0.1, 0.15) is 16.7 Å². The molecule has 1 aliphatic rings. The van der Waals surface area contributed by atoms with Gasteiger partial charge in [-0.05, 0) is 31.2 Å². The summed E-state index contributed by atoms with van der Waals surface area (Å²) in [4.78, 5) is 3.04. The zero-order valence-electron chi connectivity index (χ0n) is 12.9. The lowest BCUT2D eigenvalue weighted by molar-refractivity contribution is 0.0777. The van der Waals surface area contributed by atoms with Crippen molar-refractivity contribution < 1.29 is 17.9 Å². The van der Waals surface area contributed by atoms with Gasteiger partial charge in [-0.1, -0.05) is 0 Å². The Labute approximate surface area is 140 Å². The molecule has 3 heterocycles. The normalized spacial score (nSPS) is 19.0. The van der Waals surface area contributed by atoms with Crippen LogP contribution < -0.4 is 0 Å². The fourth-order valence-electron chi connectivity index (χ4n) is 2.65. The van der Waals surface area contributed by atoms with Gasteiger partial charge in [0, 0.05) is 37.6 Å². The van der Waals surface area contributed by atoms with E-state index in [1.54, 1.807) is 18.2 Å². The van der Waals surface area contributed by atoms with Crippen LogP contribution in [0.2, 0.25) is 0 Å². The fraction of sp³-hybridized carbons (Fsp3) is 0.467. The first kappa shape index (κ1) is 16.7. The molecule has 2 aromatic rings. The SMILES string of the molecule is Cc1ccc(S(=O)(=O)N2CCN(C[C@@H](O)c3ccco3)CC2)s1. The second-order valence-electron chi connectivity index (χ2n) is 5.60. The van der Waals surface area contributed by atoms with Crippen molar-refractivity contribution in [2.45, 2.75) is 17.2 Å². The Bertz CT molecular complexity index is 731. The maximum atomic E-state index is 12.6. The molecule has 0 spiro atoms. The third-order valence-electron chi connectivity index (χ3n) is 3.94. The van der Waals surface area contributed by atoms with Gasteiger partial charge in [-0.15, -0.1) is 11.3 Å². The van der Waals surface area contributed by atoms with E-state index in [1.165, 1.54) is 21.9 Å². The quantitative estimate of drug-likeness (QED) is 0.882. The van der Waals surface area contributed by atoms with E-state index in [0.29, 0.717) is 42.7 Å². The van der Waals surface area contributed by atoms with Gasteiger partial charge in [0.1, 0.15) is 16.1 Å². The topological polar surface area (TPSA) is 74.0 Å². The highest BCUT2D eigenvalue weighted by Gasteiger charge is 2.30. The Morgan fingerprint density at radius 2 is 2.00 bits per heavy atom. The van der Waals surface area contributed by atoms with E-state index in [0.717, 1.165) is 4.88 Å². The van der Waals surface area contributed by atoms with Gasteiger partial charge >= 0.3 is 0 Å². The Morgan fingerprint density at radius 1 is 1.26 bits per heavy atom. The van der Waals surface area contributed by atoms with Crippen molar-refractivity contribution in [2.75, 3.05) is 32.7 Å². The summed E-state index contributed by atoms with van der Waals surface area (Å²) in [6.45, 7) is 4.41. The first-order chi connectivity index (χ1) is 11.0. The summed E-state index contributed by atoms with van der Waals surface area (Å²) in [5, 5.41) is 10.1. The lowest BCUT2D eigenvalue weighted by atomic mass is 10.2. The zero-order chi connectivity index (χ0) is 16.4. The molecule has 0 aromatic carbocycles. The molecule has 0 aliphatic carbocycles. The first-order valence-electron chi connectivity index (χ1n) is 7.47. The number of β-amino-alcohol motifs (C(OH)–C–C–N with tert-alkyl or cyclic N) is 1. The van der Waals surface area contributed by atoms with E-state index < -0.39 is 16.1 Å². The molecule has 1 fully saturated rings. The third kappa shape index (κ3) is 3.67. The summed E-state index contributed by atoms with van der Waals surface area (Å²) < 4.78 is 32.3. The monoisotopic (exact) mass is 356 g/mol. The average Bonchev–Trinajstić information content (AvgIpc) is 3.19. The van der Waals surface area contributed by atoms with Crippen LogP contribution in [0.15, 0.2) is 39.2 Å². The number of nitrogens with zero attached hydrogens (tertiary/aromatic N) is 2. The van der Waals surface area contributed by atoms with Crippen LogP contribution in [0, 0.1) is 6.92 Å². The van der Waals surface area contributed by atoms with Crippen molar-refractivity contribution in [3.8, 4) is 0 Å². The molecule has 1 atom stereocenters. The number of aryl methyl sites for hydroxylation is 1. The lowest BCUT2D eigenvalue weighted by Crippen LogP contribution is -2.49. The minimum atomic E-state index is -3.39. The van der Waals surface area contributed by atoms with Gasteiger partial charge in [0.05, 0.1) is 6.26 Å². The second kappa shape index (κ2) is 6.74. The number of thiophene rings is 1. The summed E-state index contributed by atoms with van der Waals surface area (Å²) in [7, 11) is -3.39. The van der Waals surface area contributed by atoms with E-state index in [9.17, 15) is 13.5 Å². The summed E-state index contributed by atoms with van der Waals surface area (Å²) in [6.07, 6.45) is 0.847. The summed E-state index contributed by atoms with van der Waals surface area (Å²) in [5.74, 6) is 0.536. The number of sulfonamides is 1. The molecule has 6 nitrogen and oxygen atoms in total. The van der Waals surface area contributed by atoms with Crippen molar-refractivity contribution >= 4 is 21.4 Å². The Kier molecular flexibility index (Phi) is 4.88. The molecule has 0 bridgehead atoms. The molecule has 1 aliphatic heterocycles. The minimum absolute atomic E-state index is 0.402. The molecule has 23 heavy (non-hydrogen) atoms. The fourth-order valence-corrected chi connectivity index (χ4v) is 5.51. The molecule has 0 radical (unpaired) electrons. The van der Waals surface area contributed by atoms with Crippen LogP contribution in [0.5, 0.6) is 0 Å². The molecule has 126 valence electrons. The van der Waals surface area contributed by atoms with E-state index in [4.69, 9.17) is 4.42 Å². The van der Waals surface area contributed by atoms with Gasteiger partial charge in [-0.25, -0.2) is 8.42 Å². The molecule has 1 saturated heterocycles. The van der Waals surface area contributed by atoms with Crippen LogP contribution in [-0.2, 0) is 10.0 Å². The van der Waals surface area contributed by atoms with Crippen molar-refractivity contribution in [1.82, 2.24) is 9.21 Å². The van der Waals surface area contributed by atoms with Crippen molar-refractivity contribution in [3.05, 3.63) is 41.2 Å². The number of aliphatic hydroxyl groups excluding tert-OH is 1. The molecular formula is C15H20N2O4S2. The first-order valence-corrected chi connectivity index (χ1v) is 9.73. The number of aliphatic hydroxyl groups is 1. The standard InChI is InChI=1S/C15H20N2O4S2/c1-12-4-5-15(22-12)23(19,20)17-8-6-16(7-9-17)11-13(18)14-3-2-10-21-14/h2-5,10,13,18H,6-9,11H2,1H3/t13-/m1/s1. The van der Waals surface area contributed by atoms with E-state index >= 15 is 0 Å². The Balaban J connectivity index is 1.58. The van der Waals surface area contributed by atoms with Crippen LogP contribution in [-0.4, -0.2) is 55.5 Å². The van der Waals surface area contributed by atoms with E-state index in [1.807, 2.05) is 13.0 Å². The predicted molar refractivity (Wildman–Crippen MR) is 87.9 cm³/mol. The van der Waals surface area contributed by atoms with Crippen LogP contribution >= 0.6 is 11.3 Å². The van der Waals surface area contributed by atoms with Crippen molar-refractivity contribution in [3.63, 3.8) is 0 Å². The molecule has 1 N–H and O–H groups in total. The minimum Gasteiger partial charge on any atom is -0.467 e. The molecular weight excluding hydrogens is 336 g/mol. The Morgan fingerprint density at radius 3 is 2.57 bits per heavy atom. The van der Waals surface area contributed by atoms with Crippen LogP contribution in [0.4, 0.5) is 0 Å². The lowest BCUT2D eigenvalue weighted by Gasteiger charge is -2.34. The predicted octanol–water partition coefficient (Wildman–Crippen LogP) is 1.69. The second-order valence-corrected chi connectivity index (χ2v) is 9.05. The van der Waals surface area contributed by atoms with Gasteiger partial charge in [0.2, 0.25) is 0 Å². The Hall–Kier alpha value is -1.19. The van der Waals surface area contributed by atoms with Crippen molar-refractivity contribution in [1.29, 1.82) is 0 Å². The summed E-state index contributed by atoms with van der Waals surface area (Å²) in [6, 6.07) is 6.98. The largest absolute Gasteiger partial charge is 0.467 e. The highest BCUT2D eigenvalue weighted by molar-refractivity contribution is 7.91. The summed E-state index contributed by atoms with van der Waals surface area (Å²) >= 11 is 1.30. The number of hydrogen-bond donors (Lipinski definition) is 1. The number of rotatable bonds is 5. The van der Waals surface area contributed by atoms with Gasteiger partial charge in [-0.2, -0.15) is 4.31 Å². The average molecular weight is 356 g/mol. The maximum absolute atomic E-state index is 12.6. The number of furan rings is 1.